The van der Waals surface area contributed by atoms with E-state index < -0.39 is 10.0 Å². The van der Waals surface area contributed by atoms with Crippen molar-refractivity contribution in [3.63, 3.8) is 0 Å². The first-order valence-electron chi connectivity index (χ1n) is 9.66. The fourth-order valence-corrected chi connectivity index (χ4v) is 4.52. The number of anilines is 4. The summed E-state index contributed by atoms with van der Waals surface area (Å²) in [6.45, 7) is 2.58. The van der Waals surface area contributed by atoms with Crippen LogP contribution in [0.25, 0.3) is 0 Å². The number of ether oxygens (including phenoxy) is 1. The van der Waals surface area contributed by atoms with E-state index in [2.05, 4.69) is 20.0 Å². The highest BCUT2D eigenvalue weighted by molar-refractivity contribution is 7.92. The van der Waals surface area contributed by atoms with Crippen molar-refractivity contribution in [2.45, 2.75) is 17.7 Å². The van der Waals surface area contributed by atoms with Gasteiger partial charge in [-0.25, -0.2) is 13.4 Å². The number of carbonyl (C=O) groups is 1. The molecule has 0 spiro atoms. The van der Waals surface area contributed by atoms with Crippen molar-refractivity contribution in [1.29, 1.82) is 0 Å². The van der Waals surface area contributed by atoms with Gasteiger partial charge in [0.2, 0.25) is 11.9 Å². The monoisotopic (exact) mass is 432 g/mol. The normalized spacial score (nSPS) is 16.6. The van der Waals surface area contributed by atoms with Gasteiger partial charge in [0.05, 0.1) is 24.3 Å². The summed E-state index contributed by atoms with van der Waals surface area (Å²) in [5.41, 5.74) is 1.74. The Morgan fingerprint density at radius 1 is 1.20 bits per heavy atom. The first-order valence-corrected chi connectivity index (χ1v) is 11.1. The molecule has 0 unspecified atom stereocenters. The van der Waals surface area contributed by atoms with Crippen molar-refractivity contribution in [3.05, 3.63) is 30.0 Å². The van der Waals surface area contributed by atoms with Gasteiger partial charge >= 0.3 is 0 Å². The quantitative estimate of drug-likeness (QED) is 0.721. The van der Waals surface area contributed by atoms with Gasteiger partial charge in [0.25, 0.3) is 10.0 Å². The number of hydrogen-bond donors (Lipinski definition) is 2. The number of nitrogens with one attached hydrogen (secondary N) is 2. The number of hydrogen-bond acceptors (Lipinski definition) is 8. The Morgan fingerprint density at radius 3 is 2.70 bits per heavy atom. The summed E-state index contributed by atoms with van der Waals surface area (Å²) in [5, 5.41) is 2.76. The number of benzene rings is 1. The molecule has 3 heterocycles. The minimum Gasteiger partial charge on any atom is -0.378 e. The van der Waals surface area contributed by atoms with Crippen LogP contribution >= 0.6 is 0 Å². The van der Waals surface area contributed by atoms with E-state index in [4.69, 9.17) is 4.74 Å². The van der Waals surface area contributed by atoms with E-state index in [9.17, 15) is 13.2 Å². The first kappa shape index (κ1) is 20.4. The Labute approximate surface area is 175 Å². The highest BCUT2D eigenvalue weighted by Gasteiger charge is 2.23. The molecule has 1 aromatic heterocycles. The number of aryl methyl sites for hydroxylation is 1. The van der Waals surface area contributed by atoms with Crippen LogP contribution in [0.15, 0.2) is 29.3 Å². The van der Waals surface area contributed by atoms with Crippen molar-refractivity contribution in [3.8, 4) is 0 Å². The van der Waals surface area contributed by atoms with Crippen LogP contribution in [-0.2, 0) is 26.0 Å². The summed E-state index contributed by atoms with van der Waals surface area (Å²) < 4.78 is 34.0. The molecule has 30 heavy (non-hydrogen) atoms. The van der Waals surface area contributed by atoms with E-state index in [1.807, 2.05) is 4.90 Å². The molecule has 1 saturated heterocycles. The minimum absolute atomic E-state index is 0.0654. The maximum atomic E-state index is 13.0. The van der Waals surface area contributed by atoms with Crippen LogP contribution in [0, 0.1) is 0 Å². The molecule has 1 aromatic carbocycles. The van der Waals surface area contributed by atoms with Crippen LogP contribution in [-0.4, -0.2) is 64.7 Å². The van der Waals surface area contributed by atoms with E-state index in [1.165, 1.54) is 12.3 Å². The molecular formula is C19H24N6O4S. The highest BCUT2D eigenvalue weighted by atomic mass is 32.2. The number of sulfonamides is 1. The molecule has 2 aromatic rings. The van der Waals surface area contributed by atoms with E-state index in [-0.39, 0.29) is 10.8 Å². The third kappa shape index (κ3) is 4.17. The molecule has 2 aliphatic rings. The van der Waals surface area contributed by atoms with E-state index in [0.29, 0.717) is 62.3 Å². The Hall–Kier alpha value is -2.92. The molecule has 2 aliphatic heterocycles. The van der Waals surface area contributed by atoms with Gasteiger partial charge in [-0.1, -0.05) is 0 Å². The topological polar surface area (TPSA) is 117 Å². The number of rotatable bonds is 5. The summed E-state index contributed by atoms with van der Waals surface area (Å²) in [6, 6.07) is 4.69. The summed E-state index contributed by atoms with van der Waals surface area (Å²) in [4.78, 5) is 24.3. The Morgan fingerprint density at radius 2 is 1.97 bits per heavy atom. The van der Waals surface area contributed by atoms with Crippen LogP contribution < -0.4 is 19.8 Å². The zero-order valence-corrected chi connectivity index (χ0v) is 17.7. The van der Waals surface area contributed by atoms with Gasteiger partial charge in [-0.15, -0.1) is 0 Å². The lowest BCUT2D eigenvalue weighted by Gasteiger charge is -2.28. The Kier molecular flexibility index (Phi) is 5.48. The lowest BCUT2D eigenvalue weighted by Crippen LogP contribution is -2.37. The van der Waals surface area contributed by atoms with Crippen LogP contribution in [0.1, 0.15) is 12.0 Å². The van der Waals surface area contributed by atoms with E-state index in [0.717, 1.165) is 5.56 Å². The largest absolute Gasteiger partial charge is 0.378 e. The summed E-state index contributed by atoms with van der Waals surface area (Å²) in [5.74, 6) is 0.944. The van der Waals surface area contributed by atoms with Crippen molar-refractivity contribution in [2.24, 2.45) is 0 Å². The second-order valence-electron chi connectivity index (χ2n) is 7.37. The highest BCUT2D eigenvalue weighted by Crippen LogP contribution is 2.29. The zero-order valence-electron chi connectivity index (χ0n) is 16.9. The standard InChI is InChI=1S/C19H24N6O4S/c1-24(2)18-16(12-20-19(22-18)25-7-9-29-10-8-25)23-30(27,28)14-4-5-15-13(11-14)3-6-17(26)21-15/h4-5,11-12,23H,3,6-10H2,1-2H3,(H,21,26). The molecule has 1 fully saturated rings. The molecule has 160 valence electrons. The summed E-state index contributed by atoms with van der Waals surface area (Å²) in [7, 11) is -0.264. The predicted octanol–water partition coefficient (Wildman–Crippen LogP) is 1.06. The first-order chi connectivity index (χ1) is 14.3. The molecule has 2 N–H and O–H groups in total. The fraction of sp³-hybridized carbons (Fsp3) is 0.421. The second-order valence-corrected chi connectivity index (χ2v) is 9.06. The van der Waals surface area contributed by atoms with Crippen LogP contribution in [0.5, 0.6) is 0 Å². The lowest BCUT2D eigenvalue weighted by molar-refractivity contribution is -0.116. The zero-order chi connectivity index (χ0) is 21.3. The molecule has 0 aliphatic carbocycles. The number of fused-ring (bicyclic) bond motifs is 1. The molecule has 4 rings (SSSR count). The van der Waals surface area contributed by atoms with Crippen molar-refractivity contribution >= 4 is 39.1 Å². The number of morpholine rings is 1. The lowest BCUT2D eigenvalue weighted by atomic mass is 10.0. The van der Waals surface area contributed by atoms with Crippen molar-refractivity contribution in [2.75, 3.05) is 60.2 Å². The van der Waals surface area contributed by atoms with Gasteiger partial charge in [-0.2, -0.15) is 4.98 Å². The van der Waals surface area contributed by atoms with Gasteiger partial charge in [-0.05, 0) is 30.2 Å². The van der Waals surface area contributed by atoms with Crippen molar-refractivity contribution in [1.82, 2.24) is 9.97 Å². The summed E-state index contributed by atoms with van der Waals surface area (Å²) >= 11 is 0. The number of nitrogens with zero attached hydrogens (tertiary/aromatic N) is 4. The average molecular weight is 433 g/mol. The van der Waals surface area contributed by atoms with E-state index >= 15 is 0 Å². The maximum absolute atomic E-state index is 13.0. The van der Waals surface area contributed by atoms with Gasteiger partial charge in [-0.3, -0.25) is 9.52 Å². The molecule has 0 radical (unpaired) electrons. The number of aromatic nitrogens is 2. The molecule has 1 amide bonds. The smallest absolute Gasteiger partial charge is 0.262 e. The third-order valence-corrected chi connectivity index (χ3v) is 6.36. The predicted molar refractivity (Wildman–Crippen MR) is 114 cm³/mol. The maximum Gasteiger partial charge on any atom is 0.262 e. The molecule has 0 bridgehead atoms. The Bertz CT molecular complexity index is 1070. The average Bonchev–Trinajstić information content (AvgIpc) is 2.73. The minimum atomic E-state index is -3.86. The van der Waals surface area contributed by atoms with Gasteiger partial charge in [0.15, 0.2) is 5.82 Å². The fourth-order valence-electron chi connectivity index (χ4n) is 3.42. The number of amides is 1. The van der Waals surface area contributed by atoms with E-state index in [1.54, 1.807) is 31.1 Å². The van der Waals surface area contributed by atoms with Gasteiger partial charge in [0, 0.05) is 39.3 Å². The molecule has 11 heteroatoms. The number of carbonyl (C=O) groups excluding carboxylic acids is 1. The Balaban J connectivity index is 1.61. The van der Waals surface area contributed by atoms with Crippen LogP contribution in [0.2, 0.25) is 0 Å². The van der Waals surface area contributed by atoms with Crippen LogP contribution in [0.3, 0.4) is 0 Å². The van der Waals surface area contributed by atoms with Gasteiger partial charge < -0.3 is 19.9 Å². The van der Waals surface area contributed by atoms with Crippen LogP contribution in [0.4, 0.5) is 23.1 Å². The molecule has 0 saturated carbocycles. The molecular weight excluding hydrogens is 408 g/mol. The molecule has 0 atom stereocenters. The summed E-state index contributed by atoms with van der Waals surface area (Å²) in [6.07, 6.45) is 2.33. The SMILES string of the molecule is CN(C)c1nc(N2CCOCC2)ncc1NS(=O)(=O)c1ccc2c(c1)CCC(=O)N2. The third-order valence-electron chi connectivity index (χ3n) is 5.00. The second kappa shape index (κ2) is 8.07. The van der Waals surface area contributed by atoms with Crippen molar-refractivity contribution < 1.29 is 17.9 Å². The van der Waals surface area contributed by atoms with Gasteiger partial charge in [0.1, 0.15) is 5.69 Å². The molecule has 10 nitrogen and oxygen atoms in total.